The van der Waals surface area contributed by atoms with Gasteiger partial charge < -0.3 is 10.1 Å². The average molecular weight is 247 g/mol. The van der Waals surface area contributed by atoms with Crippen molar-refractivity contribution in [2.45, 2.75) is 58.0 Å². The minimum atomic E-state index is 0.364. The van der Waals surface area contributed by atoms with E-state index in [2.05, 4.69) is 37.4 Å². The number of aryl methyl sites for hydroxylation is 1. The van der Waals surface area contributed by atoms with Crippen LogP contribution in [-0.2, 0) is 0 Å². The van der Waals surface area contributed by atoms with E-state index in [4.69, 9.17) is 4.74 Å². The molecular weight excluding hydrogens is 222 g/mol. The van der Waals surface area contributed by atoms with Gasteiger partial charge in [-0.1, -0.05) is 31.4 Å². The van der Waals surface area contributed by atoms with E-state index >= 15 is 0 Å². The van der Waals surface area contributed by atoms with Gasteiger partial charge in [0.1, 0.15) is 5.75 Å². The molecule has 0 aromatic heterocycles. The molecule has 1 N–H and O–H groups in total. The Hall–Kier alpha value is -1.02. The fraction of sp³-hybridized carbons (Fsp3) is 0.625. The fourth-order valence-electron chi connectivity index (χ4n) is 2.89. The number of hydrogen-bond donors (Lipinski definition) is 1. The molecule has 1 aliphatic carbocycles. The summed E-state index contributed by atoms with van der Waals surface area (Å²) in [5.74, 6) is 1.01. The van der Waals surface area contributed by atoms with E-state index in [9.17, 15) is 0 Å². The van der Waals surface area contributed by atoms with Crippen molar-refractivity contribution in [1.82, 2.24) is 5.32 Å². The zero-order chi connectivity index (χ0) is 13.0. The molecule has 0 heterocycles. The van der Waals surface area contributed by atoms with Gasteiger partial charge in [0.2, 0.25) is 0 Å². The van der Waals surface area contributed by atoms with Gasteiger partial charge in [0, 0.05) is 17.6 Å². The molecule has 0 aliphatic heterocycles. The maximum absolute atomic E-state index is 5.50. The van der Waals surface area contributed by atoms with E-state index in [1.54, 1.807) is 7.11 Å². The van der Waals surface area contributed by atoms with Crippen molar-refractivity contribution in [3.63, 3.8) is 0 Å². The van der Waals surface area contributed by atoms with Gasteiger partial charge in [-0.2, -0.15) is 0 Å². The molecule has 1 fully saturated rings. The Morgan fingerprint density at radius 3 is 2.61 bits per heavy atom. The summed E-state index contributed by atoms with van der Waals surface area (Å²) < 4.78 is 5.50. The molecule has 18 heavy (non-hydrogen) atoms. The normalized spacial score (nSPS) is 18.6. The zero-order valence-electron chi connectivity index (χ0n) is 11.8. The van der Waals surface area contributed by atoms with Crippen LogP contribution in [0.3, 0.4) is 0 Å². The summed E-state index contributed by atoms with van der Waals surface area (Å²) in [4.78, 5) is 0. The number of benzene rings is 1. The molecule has 0 spiro atoms. The van der Waals surface area contributed by atoms with E-state index in [1.165, 1.54) is 43.2 Å². The lowest BCUT2D eigenvalue weighted by Crippen LogP contribution is -2.33. The van der Waals surface area contributed by atoms with Crippen LogP contribution in [0.4, 0.5) is 0 Å². The highest BCUT2D eigenvalue weighted by Crippen LogP contribution is 2.28. The van der Waals surface area contributed by atoms with Gasteiger partial charge in [0.15, 0.2) is 0 Å². The summed E-state index contributed by atoms with van der Waals surface area (Å²) in [6, 6.07) is 7.52. The third-order valence-electron chi connectivity index (χ3n) is 3.95. The second-order valence-corrected chi connectivity index (χ2v) is 5.47. The molecule has 1 saturated carbocycles. The van der Waals surface area contributed by atoms with Gasteiger partial charge in [-0.3, -0.25) is 0 Å². The molecule has 1 aromatic rings. The van der Waals surface area contributed by atoms with Crippen molar-refractivity contribution in [2.75, 3.05) is 7.11 Å². The lowest BCUT2D eigenvalue weighted by atomic mass is 9.94. The fourth-order valence-corrected chi connectivity index (χ4v) is 2.89. The monoisotopic (exact) mass is 247 g/mol. The second-order valence-electron chi connectivity index (χ2n) is 5.47. The summed E-state index contributed by atoms with van der Waals surface area (Å²) in [6.07, 6.45) is 6.78. The Morgan fingerprint density at radius 2 is 1.94 bits per heavy atom. The summed E-state index contributed by atoms with van der Waals surface area (Å²) in [6.45, 7) is 4.34. The minimum Gasteiger partial charge on any atom is -0.496 e. The van der Waals surface area contributed by atoms with Crippen LogP contribution in [0.25, 0.3) is 0 Å². The van der Waals surface area contributed by atoms with Crippen LogP contribution in [0.15, 0.2) is 18.2 Å². The topological polar surface area (TPSA) is 21.3 Å². The second kappa shape index (κ2) is 6.24. The molecule has 0 saturated heterocycles. The average Bonchev–Trinajstić information content (AvgIpc) is 2.39. The molecule has 2 nitrogen and oxygen atoms in total. The summed E-state index contributed by atoms with van der Waals surface area (Å²) in [7, 11) is 1.76. The molecule has 0 bridgehead atoms. The zero-order valence-corrected chi connectivity index (χ0v) is 11.8. The van der Waals surface area contributed by atoms with Crippen molar-refractivity contribution in [3.8, 4) is 5.75 Å². The van der Waals surface area contributed by atoms with Gasteiger partial charge in [-0.05, 0) is 38.3 Å². The lowest BCUT2D eigenvalue weighted by Gasteiger charge is -2.27. The van der Waals surface area contributed by atoms with E-state index in [-0.39, 0.29) is 0 Å². The molecule has 1 aliphatic rings. The van der Waals surface area contributed by atoms with Crippen molar-refractivity contribution >= 4 is 0 Å². The number of hydrogen-bond acceptors (Lipinski definition) is 2. The first-order valence-electron chi connectivity index (χ1n) is 7.11. The molecule has 1 atom stereocenters. The summed E-state index contributed by atoms with van der Waals surface area (Å²) in [5, 5.41) is 3.75. The summed E-state index contributed by atoms with van der Waals surface area (Å²) in [5.41, 5.74) is 2.52. The van der Waals surface area contributed by atoms with Crippen molar-refractivity contribution < 1.29 is 4.74 Å². The molecule has 2 rings (SSSR count). The SMILES string of the molecule is COc1cc(C)ccc1C(C)NC1CCCCC1. The number of rotatable bonds is 4. The van der Waals surface area contributed by atoms with Crippen molar-refractivity contribution in [2.24, 2.45) is 0 Å². The van der Waals surface area contributed by atoms with Gasteiger partial charge >= 0.3 is 0 Å². The number of methoxy groups -OCH3 is 1. The van der Waals surface area contributed by atoms with Crippen molar-refractivity contribution in [3.05, 3.63) is 29.3 Å². The van der Waals surface area contributed by atoms with Crippen molar-refractivity contribution in [1.29, 1.82) is 0 Å². The molecule has 0 amide bonds. The highest BCUT2D eigenvalue weighted by Gasteiger charge is 2.18. The largest absolute Gasteiger partial charge is 0.496 e. The van der Waals surface area contributed by atoms with Crippen LogP contribution in [0.1, 0.15) is 56.2 Å². The summed E-state index contributed by atoms with van der Waals surface area (Å²) >= 11 is 0. The maximum Gasteiger partial charge on any atom is 0.123 e. The Kier molecular flexibility index (Phi) is 4.65. The smallest absolute Gasteiger partial charge is 0.123 e. The first-order valence-corrected chi connectivity index (χ1v) is 7.11. The van der Waals surface area contributed by atoms with Crippen LogP contribution in [0.2, 0.25) is 0 Å². The lowest BCUT2D eigenvalue weighted by molar-refractivity contribution is 0.339. The molecular formula is C16H25NO. The first kappa shape index (κ1) is 13.4. The van der Waals surface area contributed by atoms with E-state index in [1.807, 2.05) is 0 Å². The van der Waals surface area contributed by atoms with Crippen LogP contribution >= 0.6 is 0 Å². The van der Waals surface area contributed by atoms with E-state index < -0.39 is 0 Å². The van der Waals surface area contributed by atoms with Crippen LogP contribution in [0, 0.1) is 6.92 Å². The van der Waals surface area contributed by atoms with Gasteiger partial charge in [-0.25, -0.2) is 0 Å². The van der Waals surface area contributed by atoms with Gasteiger partial charge in [-0.15, -0.1) is 0 Å². The predicted octanol–water partition coefficient (Wildman–Crippen LogP) is 3.99. The third kappa shape index (κ3) is 3.26. The molecule has 100 valence electrons. The highest BCUT2D eigenvalue weighted by atomic mass is 16.5. The Balaban J connectivity index is 2.05. The molecule has 2 heteroatoms. The molecule has 0 radical (unpaired) electrons. The molecule has 1 unspecified atom stereocenters. The maximum atomic E-state index is 5.50. The standard InChI is InChI=1S/C16H25NO/c1-12-9-10-15(16(11-12)18-3)13(2)17-14-7-5-4-6-8-14/h9-11,13-14,17H,4-8H2,1-3H3. The molecule has 1 aromatic carbocycles. The number of nitrogens with one attached hydrogen (secondary N) is 1. The van der Waals surface area contributed by atoms with Gasteiger partial charge in [0.25, 0.3) is 0 Å². The minimum absolute atomic E-state index is 0.364. The van der Waals surface area contributed by atoms with E-state index in [0.717, 1.165) is 5.75 Å². The number of ether oxygens (including phenoxy) is 1. The first-order chi connectivity index (χ1) is 8.70. The van der Waals surface area contributed by atoms with Gasteiger partial charge in [0.05, 0.1) is 7.11 Å². The van der Waals surface area contributed by atoms with E-state index in [0.29, 0.717) is 12.1 Å². The third-order valence-corrected chi connectivity index (χ3v) is 3.95. The van der Waals surface area contributed by atoms with Crippen LogP contribution in [0.5, 0.6) is 5.75 Å². The predicted molar refractivity (Wildman–Crippen MR) is 76.2 cm³/mol. The van der Waals surface area contributed by atoms with Crippen LogP contribution in [-0.4, -0.2) is 13.2 Å². The quantitative estimate of drug-likeness (QED) is 0.868. The Bertz CT molecular complexity index is 383. The Morgan fingerprint density at radius 1 is 1.22 bits per heavy atom. The Labute approximate surface area is 111 Å². The van der Waals surface area contributed by atoms with Crippen LogP contribution < -0.4 is 10.1 Å². The highest BCUT2D eigenvalue weighted by molar-refractivity contribution is 5.39.